The molecule has 6 rings (SSSR count). The summed E-state index contributed by atoms with van der Waals surface area (Å²) in [5, 5.41) is 80.0. The molecule has 2 aromatic heterocycles. The number of pyridine rings is 2. The van der Waals surface area contributed by atoms with E-state index in [4.69, 9.17) is 23.2 Å². The minimum atomic E-state index is -0.512. The van der Waals surface area contributed by atoms with E-state index in [1.807, 2.05) is 27.7 Å². The molecular formula is C40H38Cl2N6O6. The van der Waals surface area contributed by atoms with Crippen molar-refractivity contribution in [1.29, 1.82) is 0 Å². The van der Waals surface area contributed by atoms with Crippen LogP contribution in [0.15, 0.2) is 58.7 Å². The third kappa shape index (κ3) is 6.70. The number of nitrogens with zero attached hydrogens (tertiary/aromatic N) is 4. The average Bonchev–Trinajstić information content (AvgIpc) is 3.09. The summed E-state index contributed by atoms with van der Waals surface area (Å²) in [7, 11) is 0. The maximum atomic E-state index is 12.3. The minimum Gasteiger partial charge on any atom is -0.507 e. The molecule has 0 aliphatic heterocycles. The van der Waals surface area contributed by atoms with Crippen molar-refractivity contribution in [3.05, 3.63) is 92.2 Å². The van der Waals surface area contributed by atoms with Gasteiger partial charge in [-0.1, -0.05) is 75.2 Å². The molecule has 0 amide bonds. The molecule has 0 spiro atoms. The van der Waals surface area contributed by atoms with Crippen LogP contribution in [-0.4, -0.2) is 53.0 Å². The third-order valence-electron chi connectivity index (χ3n) is 9.16. The fraction of sp³-hybridized carbons (Fsp3) is 0.200. The van der Waals surface area contributed by atoms with E-state index >= 15 is 0 Å². The lowest BCUT2D eigenvalue weighted by Gasteiger charge is -2.23. The topological polar surface area (TPSA) is 196 Å². The highest BCUT2D eigenvalue weighted by molar-refractivity contribution is 6.29. The van der Waals surface area contributed by atoms with Gasteiger partial charge in [-0.05, 0) is 71.8 Å². The molecule has 8 N–H and O–H groups in total. The molecule has 12 nitrogen and oxygen atoms in total. The number of hydrogen-bond donors (Lipinski definition) is 8. The van der Waals surface area contributed by atoms with Gasteiger partial charge >= 0.3 is 0 Å². The van der Waals surface area contributed by atoms with Gasteiger partial charge < -0.3 is 30.6 Å². The molecule has 14 heteroatoms. The van der Waals surface area contributed by atoms with E-state index in [0.29, 0.717) is 44.7 Å². The van der Waals surface area contributed by atoms with E-state index in [1.54, 1.807) is 62.4 Å². The van der Waals surface area contributed by atoms with Crippen LogP contribution in [0.2, 0.25) is 10.3 Å². The van der Waals surface area contributed by atoms with Gasteiger partial charge in [-0.2, -0.15) is 10.2 Å². The number of aromatic hydroxyl groups is 6. The Kier molecular flexibility index (Phi) is 10.4. The number of phenols is 6. The Hall–Kier alpha value is -5.98. The highest BCUT2D eigenvalue weighted by Crippen LogP contribution is 2.54. The standard InChI is InChI=1S/C40H38Cl2N6O6/c1-17(2)29-21-13-19(5)31(37(51)33(21)23(35(49)39(29)53)15-43-47-27-11-7-9-25(41)45-27)32-20(6)14-22-30(18(3)4)40(54)36(50)24(34(22)38(32)52)16-44-48-28-12-8-10-26(42)46-28/h7-18,49-54H,1-6H3,(H,45,47)(H,46,48). The molecule has 0 aliphatic carbocycles. The van der Waals surface area contributed by atoms with Crippen LogP contribution in [-0.2, 0) is 0 Å². The minimum absolute atomic E-state index is 0.00343. The molecule has 0 saturated heterocycles. The molecular weight excluding hydrogens is 731 g/mol. The summed E-state index contributed by atoms with van der Waals surface area (Å²) in [5.74, 6) is -2.28. The number of phenolic OH excluding ortho intramolecular Hbond substituents is 6. The highest BCUT2D eigenvalue weighted by Gasteiger charge is 2.29. The van der Waals surface area contributed by atoms with Crippen LogP contribution in [0.5, 0.6) is 34.5 Å². The predicted molar refractivity (Wildman–Crippen MR) is 215 cm³/mol. The number of benzene rings is 4. The molecule has 0 bridgehead atoms. The molecule has 0 unspecified atom stereocenters. The number of halogens is 2. The Balaban J connectivity index is 1.64. The summed E-state index contributed by atoms with van der Waals surface area (Å²) in [5.41, 5.74) is 7.79. The van der Waals surface area contributed by atoms with Crippen molar-refractivity contribution in [2.45, 2.75) is 53.4 Å². The number of anilines is 2. The lowest BCUT2D eigenvalue weighted by Crippen LogP contribution is -2.02. The zero-order chi connectivity index (χ0) is 39.2. The average molecular weight is 770 g/mol. The number of aromatic nitrogens is 2. The molecule has 0 atom stereocenters. The zero-order valence-electron chi connectivity index (χ0n) is 30.2. The van der Waals surface area contributed by atoms with Crippen molar-refractivity contribution in [3.63, 3.8) is 0 Å². The lowest BCUT2D eigenvalue weighted by atomic mass is 9.83. The second-order valence-corrected chi connectivity index (χ2v) is 14.2. The maximum absolute atomic E-state index is 12.3. The Morgan fingerprint density at radius 3 is 1.28 bits per heavy atom. The van der Waals surface area contributed by atoms with Gasteiger partial charge in [0.1, 0.15) is 33.4 Å². The van der Waals surface area contributed by atoms with Gasteiger partial charge in [0.05, 0.1) is 23.6 Å². The Morgan fingerprint density at radius 2 is 0.944 bits per heavy atom. The van der Waals surface area contributed by atoms with Crippen molar-refractivity contribution in [2.24, 2.45) is 10.2 Å². The smallest absolute Gasteiger partial charge is 0.167 e. The molecule has 4 aromatic carbocycles. The first-order valence-corrected chi connectivity index (χ1v) is 17.7. The first-order chi connectivity index (χ1) is 25.6. The van der Waals surface area contributed by atoms with Crippen LogP contribution >= 0.6 is 23.2 Å². The Labute approximate surface area is 320 Å². The van der Waals surface area contributed by atoms with Gasteiger partial charge in [0.15, 0.2) is 23.0 Å². The molecule has 0 saturated carbocycles. The van der Waals surface area contributed by atoms with Gasteiger partial charge in [-0.15, -0.1) is 0 Å². The largest absolute Gasteiger partial charge is 0.507 e. The van der Waals surface area contributed by atoms with E-state index in [-0.39, 0.29) is 78.2 Å². The van der Waals surface area contributed by atoms with E-state index in [1.165, 1.54) is 12.4 Å². The summed E-state index contributed by atoms with van der Waals surface area (Å²) < 4.78 is 0. The van der Waals surface area contributed by atoms with Gasteiger partial charge in [0.2, 0.25) is 0 Å². The second kappa shape index (κ2) is 14.8. The van der Waals surface area contributed by atoms with Crippen molar-refractivity contribution in [1.82, 2.24) is 9.97 Å². The van der Waals surface area contributed by atoms with Crippen LogP contribution in [0.3, 0.4) is 0 Å². The number of rotatable bonds is 9. The molecule has 6 aromatic rings. The fourth-order valence-electron chi connectivity index (χ4n) is 6.89. The zero-order valence-corrected chi connectivity index (χ0v) is 31.7. The number of nitrogens with one attached hydrogen (secondary N) is 2. The van der Waals surface area contributed by atoms with E-state index < -0.39 is 11.5 Å². The molecule has 278 valence electrons. The van der Waals surface area contributed by atoms with E-state index in [2.05, 4.69) is 31.0 Å². The summed E-state index contributed by atoms with van der Waals surface area (Å²) in [4.78, 5) is 8.28. The Bertz CT molecular complexity index is 2360. The highest BCUT2D eigenvalue weighted by atomic mass is 35.5. The normalized spacial score (nSPS) is 12.0. The summed E-state index contributed by atoms with van der Waals surface area (Å²) >= 11 is 12.0. The fourth-order valence-corrected chi connectivity index (χ4v) is 7.22. The maximum Gasteiger partial charge on any atom is 0.167 e. The Morgan fingerprint density at radius 1 is 0.574 bits per heavy atom. The predicted octanol–water partition coefficient (Wildman–Crippen LogP) is 9.75. The first kappa shape index (κ1) is 37.8. The number of hydrogen-bond acceptors (Lipinski definition) is 12. The van der Waals surface area contributed by atoms with Gasteiger partial charge in [-0.3, -0.25) is 10.9 Å². The molecule has 0 fully saturated rings. The van der Waals surface area contributed by atoms with Crippen LogP contribution in [0.4, 0.5) is 11.6 Å². The monoisotopic (exact) mass is 768 g/mol. The van der Waals surface area contributed by atoms with Gasteiger partial charge in [-0.25, -0.2) is 9.97 Å². The van der Waals surface area contributed by atoms with Crippen LogP contribution in [0.1, 0.15) is 72.9 Å². The summed E-state index contributed by atoms with van der Waals surface area (Å²) in [6, 6.07) is 13.4. The SMILES string of the molecule is Cc1cc2c(C(C)C)c(O)c(O)c(C=NNc3cccc(Cl)n3)c2c(O)c1-c1c(C)cc2c(C(C)C)c(O)c(O)c(C=NNc3cccc(Cl)n3)c2c1O. The van der Waals surface area contributed by atoms with Crippen molar-refractivity contribution in [3.8, 4) is 45.6 Å². The molecule has 0 radical (unpaired) electrons. The third-order valence-corrected chi connectivity index (χ3v) is 9.59. The quantitative estimate of drug-likeness (QED) is 0.0303. The van der Waals surface area contributed by atoms with E-state index in [0.717, 1.165) is 0 Å². The van der Waals surface area contributed by atoms with Crippen LogP contribution < -0.4 is 10.9 Å². The van der Waals surface area contributed by atoms with E-state index in [9.17, 15) is 30.6 Å². The molecule has 2 heterocycles. The van der Waals surface area contributed by atoms with Crippen LogP contribution in [0, 0.1) is 13.8 Å². The molecule has 54 heavy (non-hydrogen) atoms. The second-order valence-electron chi connectivity index (χ2n) is 13.5. The van der Waals surface area contributed by atoms with Crippen molar-refractivity contribution in [2.75, 3.05) is 10.9 Å². The van der Waals surface area contributed by atoms with Crippen molar-refractivity contribution < 1.29 is 30.6 Å². The summed E-state index contributed by atoms with van der Waals surface area (Å²) in [6.07, 6.45) is 2.50. The van der Waals surface area contributed by atoms with Gasteiger partial charge in [0.25, 0.3) is 0 Å². The molecule has 0 aliphatic rings. The summed E-state index contributed by atoms with van der Waals surface area (Å²) in [6.45, 7) is 10.9. The van der Waals surface area contributed by atoms with Gasteiger partial charge in [0, 0.05) is 33.0 Å². The van der Waals surface area contributed by atoms with Crippen molar-refractivity contribution >= 4 is 68.8 Å². The number of fused-ring (bicyclic) bond motifs is 2. The number of aryl methyl sites for hydroxylation is 2. The lowest BCUT2D eigenvalue weighted by molar-refractivity contribution is 0.398. The first-order valence-electron chi connectivity index (χ1n) is 16.9. The van der Waals surface area contributed by atoms with Crippen LogP contribution in [0.25, 0.3) is 32.7 Å². The number of hydrazone groups is 2.